The molecule has 198 valence electrons. The number of aryl methyl sites for hydroxylation is 1. The van der Waals surface area contributed by atoms with Crippen LogP contribution in [0.15, 0.2) is 36.5 Å². The fourth-order valence-corrected chi connectivity index (χ4v) is 4.68. The third-order valence-electron chi connectivity index (χ3n) is 7.24. The van der Waals surface area contributed by atoms with Crippen LogP contribution in [0.4, 0.5) is 4.39 Å². The van der Waals surface area contributed by atoms with E-state index >= 15 is 0 Å². The van der Waals surface area contributed by atoms with E-state index in [0.29, 0.717) is 19.6 Å². The number of halogens is 1. The summed E-state index contributed by atoms with van der Waals surface area (Å²) in [5.41, 5.74) is 3.42. The van der Waals surface area contributed by atoms with Gasteiger partial charge < -0.3 is 14.9 Å². The lowest BCUT2D eigenvalue weighted by atomic mass is 9.97. The van der Waals surface area contributed by atoms with E-state index in [2.05, 4.69) is 23.1 Å². The summed E-state index contributed by atoms with van der Waals surface area (Å²) < 4.78 is 15.0. The van der Waals surface area contributed by atoms with E-state index in [1.165, 1.54) is 44.4 Å². The van der Waals surface area contributed by atoms with Crippen LogP contribution in [-0.2, 0) is 15.0 Å². The normalized spacial score (nSPS) is 18.3. The highest BCUT2D eigenvalue weighted by Crippen LogP contribution is 2.49. The monoisotopic (exact) mass is 509 g/mol. The number of fused-ring (bicyclic) bond motifs is 1. The highest BCUT2D eigenvalue weighted by molar-refractivity contribution is 5.84. The van der Waals surface area contributed by atoms with Crippen molar-refractivity contribution in [1.82, 2.24) is 24.4 Å². The predicted molar refractivity (Wildman–Crippen MR) is 139 cm³/mol. The van der Waals surface area contributed by atoms with Crippen molar-refractivity contribution in [2.75, 3.05) is 19.6 Å². The molecular weight excluding hydrogens is 473 g/mol. The molecule has 3 aromatic rings. The van der Waals surface area contributed by atoms with Crippen molar-refractivity contribution < 1.29 is 19.1 Å². The second-order valence-corrected chi connectivity index (χ2v) is 11.6. The van der Waals surface area contributed by atoms with Gasteiger partial charge in [0, 0.05) is 30.8 Å². The zero-order valence-electron chi connectivity index (χ0n) is 22.5. The molecule has 1 aliphatic heterocycles. The molecule has 1 saturated carbocycles. The molecule has 0 radical (unpaired) electrons. The summed E-state index contributed by atoms with van der Waals surface area (Å²) in [6, 6.07) is 8.60. The number of rotatable bonds is 4. The summed E-state index contributed by atoms with van der Waals surface area (Å²) in [6.45, 7) is 12.5. The first-order valence-electron chi connectivity index (χ1n) is 12.6. The van der Waals surface area contributed by atoms with Gasteiger partial charge in [0.15, 0.2) is 5.65 Å². The molecule has 3 heterocycles. The highest BCUT2D eigenvalue weighted by Gasteiger charge is 2.41. The third-order valence-corrected chi connectivity index (χ3v) is 7.24. The Balaban J connectivity index is 0.000000181. The Morgan fingerprint density at radius 2 is 1.78 bits per heavy atom. The van der Waals surface area contributed by atoms with Crippen molar-refractivity contribution in [3.8, 4) is 11.3 Å². The zero-order chi connectivity index (χ0) is 27.2. The maximum absolute atomic E-state index is 13.1. The Bertz CT molecular complexity index is 1310. The van der Waals surface area contributed by atoms with Crippen molar-refractivity contribution in [3.05, 3.63) is 53.6 Å². The number of amides is 2. The molecule has 2 aliphatic rings. The number of piperazine rings is 1. The summed E-state index contributed by atoms with van der Waals surface area (Å²) in [5.74, 6) is -0.515. The minimum atomic E-state index is -1.35. The molecule has 0 spiro atoms. The van der Waals surface area contributed by atoms with Gasteiger partial charge in [-0.05, 0) is 83.2 Å². The third kappa shape index (κ3) is 5.66. The molecule has 9 heteroatoms. The molecule has 2 fully saturated rings. The maximum atomic E-state index is 13.1. The van der Waals surface area contributed by atoms with Crippen LogP contribution < -0.4 is 0 Å². The standard InChI is InChI=1S/C17H16FN3.C11H20N2O3/c1-11-10-21-16(19-11)14(17(2)7-8-17)9-15(20-21)12-3-5-13(18)6-4-12;1-10(2)7-12(5-6-13(10)8-14)9(15)11(3,4)16/h3-6,9-10H,7-8H2,1-2H3;8,16H,5-7H2,1-4H3. The zero-order valence-corrected chi connectivity index (χ0v) is 22.5. The van der Waals surface area contributed by atoms with Crippen LogP contribution in [0.3, 0.4) is 0 Å². The van der Waals surface area contributed by atoms with E-state index in [1.807, 2.05) is 31.5 Å². The number of carbonyl (C=O) groups excluding carboxylic acids is 2. The fraction of sp³-hybridized carbons (Fsp3) is 0.500. The first kappa shape index (κ1) is 26.7. The maximum Gasteiger partial charge on any atom is 0.254 e. The summed E-state index contributed by atoms with van der Waals surface area (Å²) >= 11 is 0. The van der Waals surface area contributed by atoms with Crippen LogP contribution in [0.1, 0.15) is 58.7 Å². The van der Waals surface area contributed by atoms with Gasteiger partial charge in [-0.25, -0.2) is 13.9 Å². The van der Waals surface area contributed by atoms with Crippen LogP contribution in [0.25, 0.3) is 16.9 Å². The van der Waals surface area contributed by atoms with E-state index in [9.17, 15) is 19.1 Å². The predicted octanol–water partition coefficient (Wildman–Crippen LogP) is 3.73. The first-order valence-corrected chi connectivity index (χ1v) is 12.6. The van der Waals surface area contributed by atoms with Crippen molar-refractivity contribution in [3.63, 3.8) is 0 Å². The van der Waals surface area contributed by atoms with E-state index in [-0.39, 0.29) is 22.7 Å². The van der Waals surface area contributed by atoms with Gasteiger partial charge in [-0.15, -0.1) is 0 Å². The molecule has 8 nitrogen and oxygen atoms in total. The number of hydrogen-bond acceptors (Lipinski definition) is 5. The van der Waals surface area contributed by atoms with E-state index in [0.717, 1.165) is 29.0 Å². The number of aliphatic hydroxyl groups is 1. The van der Waals surface area contributed by atoms with Gasteiger partial charge >= 0.3 is 0 Å². The van der Waals surface area contributed by atoms with Crippen molar-refractivity contribution in [2.45, 2.75) is 70.9 Å². The van der Waals surface area contributed by atoms with Gasteiger partial charge in [-0.2, -0.15) is 5.10 Å². The minimum Gasteiger partial charge on any atom is -0.381 e. The lowest BCUT2D eigenvalue weighted by Crippen LogP contribution is -2.62. The van der Waals surface area contributed by atoms with Gasteiger partial charge in [0.2, 0.25) is 6.41 Å². The quantitative estimate of drug-likeness (QED) is 0.541. The number of aromatic nitrogens is 3. The van der Waals surface area contributed by atoms with E-state index < -0.39 is 5.60 Å². The lowest BCUT2D eigenvalue weighted by Gasteiger charge is -2.46. The SMILES string of the molecule is CC(C)(O)C(=O)N1CCN(C=O)C(C)(C)C1.Cc1cn2nc(-c3ccc(F)cc3)cc(C3(C)CC3)c2n1. The number of hydrogen-bond donors (Lipinski definition) is 1. The molecule has 2 aromatic heterocycles. The summed E-state index contributed by atoms with van der Waals surface area (Å²) in [6.07, 6.45) is 5.12. The molecule has 37 heavy (non-hydrogen) atoms. The van der Waals surface area contributed by atoms with Crippen molar-refractivity contribution in [1.29, 1.82) is 0 Å². The molecule has 5 rings (SSSR count). The fourth-order valence-electron chi connectivity index (χ4n) is 4.68. The van der Waals surface area contributed by atoms with E-state index in [4.69, 9.17) is 0 Å². The molecule has 0 atom stereocenters. The summed E-state index contributed by atoms with van der Waals surface area (Å²) in [7, 11) is 0. The molecule has 1 aliphatic carbocycles. The Morgan fingerprint density at radius 1 is 1.14 bits per heavy atom. The Kier molecular flexibility index (Phi) is 6.88. The molecule has 0 bridgehead atoms. The molecule has 2 amide bonds. The van der Waals surface area contributed by atoms with Gasteiger partial charge in [0.05, 0.1) is 23.1 Å². The number of nitrogens with zero attached hydrogens (tertiary/aromatic N) is 5. The van der Waals surface area contributed by atoms with Gasteiger partial charge in [-0.1, -0.05) is 6.92 Å². The smallest absolute Gasteiger partial charge is 0.254 e. The second kappa shape index (κ2) is 9.52. The highest BCUT2D eigenvalue weighted by atomic mass is 19.1. The average Bonchev–Trinajstić information content (AvgIpc) is 3.45. The van der Waals surface area contributed by atoms with Crippen LogP contribution in [-0.4, -0.2) is 72.6 Å². The van der Waals surface area contributed by atoms with Gasteiger partial charge in [-0.3, -0.25) is 9.59 Å². The molecule has 1 N–H and O–H groups in total. The van der Waals surface area contributed by atoms with Crippen molar-refractivity contribution >= 4 is 18.0 Å². The molecule has 1 saturated heterocycles. The summed E-state index contributed by atoms with van der Waals surface area (Å²) in [5, 5.41) is 14.3. The Labute approximate surface area is 217 Å². The average molecular weight is 510 g/mol. The van der Waals surface area contributed by atoms with Gasteiger partial charge in [0.1, 0.15) is 11.4 Å². The van der Waals surface area contributed by atoms with Crippen LogP contribution in [0, 0.1) is 12.7 Å². The summed E-state index contributed by atoms with van der Waals surface area (Å²) in [4.78, 5) is 30.6. The van der Waals surface area contributed by atoms with Gasteiger partial charge in [0.25, 0.3) is 5.91 Å². The number of carbonyl (C=O) groups is 2. The van der Waals surface area contributed by atoms with Crippen LogP contribution in [0.2, 0.25) is 0 Å². The van der Waals surface area contributed by atoms with Crippen LogP contribution >= 0.6 is 0 Å². The van der Waals surface area contributed by atoms with E-state index in [1.54, 1.807) is 21.9 Å². The molecular formula is C28H36FN5O3. The second-order valence-electron chi connectivity index (χ2n) is 11.6. The Hall–Kier alpha value is -3.33. The largest absolute Gasteiger partial charge is 0.381 e. The topological polar surface area (TPSA) is 91.0 Å². The number of imidazole rings is 1. The Morgan fingerprint density at radius 3 is 2.32 bits per heavy atom. The molecule has 0 unspecified atom stereocenters. The first-order chi connectivity index (χ1) is 17.2. The molecule has 1 aromatic carbocycles. The van der Waals surface area contributed by atoms with Crippen molar-refractivity contribution in [2.24, 2.45) is 0 Å². The lowest BCUT2D eigenvalue weighted by molar-refractivity contribution is -0.154. The number of benzene rings is 1. The minimum absolute atomic E-state index is 0.205. The van der Waals surface area contributed by atoms with Crippen LogP contribution in [0.5, 0.6) is 0 Å².